The summed E-state index contributed by atoms with van der Waals surface area (Å²) in [6, 6.07) is 16.8. The monoisotopic (exact) mass is 397 g/mol. The Bertz CT molecular complexity index is 1280. The summed E-state index contributed by atoms with van der Waals surface area (Å²) < 4.78 is 1.56. The summed E-state index contributed by atoms with van der Waals surface area (Å²) in [6.07, 6.45) is 5.16. The van der Waals surface area contributed by atoms with Crippen LogP contribution in [-0.2, 0) is 11.2 Å². The van der Waals surface area contributed by atoms with Crippen LogP contribution in [0.2, 0.25) is 0 Å². The number of rotatable bonds is 4. The van der Waals surface area contributed by atoms with E-state index in [1.165, 1.54) is 0 Å². The fraction of sp³-hybridized carbons (Fsp3) is 0.125. The summed E-state index contributed by atoms with van der Waals surface area (Å²) >= 11 is 0. The number of aryl methyl sites for hydroxylation is 1. The first-order valence-electron chi connectivity index (χ1n) is 9.53. The van der Waals surface area contributed by atoms with Gasteiger partial charge in [0.05, 0.1) is 11.9 Å². The predicted octanol–water partition coefficient (Wildman–Crippen LogP) is 4.16. The molecule has 6 heteroatoms. The van der Waals surface area contributed by atoms with Gasteiger partial charge in [-0.15, -0.1) is 0 Å². The molecule has 30 heavy (non-hydrogen) atoms. The number of hydrogen-bond acceptors (Lipinski definition) is 2. The highest BCUT2D eigenvalue weighted by atomic mass is 16.4. The van der Waals surface area contributed by atoms with Crippen molar-refractivity contribution in [2.45, 2.75) is 13.3 Å². The van der Waals surface area contributed by atoms with Crippen LogP contribution in [0.15, 0.2) is 72.8 Å². The van der Waals surface area contributed by atoms with Crippen molar-refractivity contribution >= 4 is 34.1 Å². The van der Waals surface area contributed by atoms with Gasteiger partial charge in [-0.25, -0.2) is 0 Å². The van der Waals surface area contributed by atoms with E-state index >= 15 is 0 Å². The molecule has 0 aliphatic heterocycles. The van der Waals surface area contributed by atoms with Crippen LogP contribution in [0.4, 0.5) is 0 Å². The van der Waals surface area contributed by atoms with Crippen molar-refractivity contribution in [1.82, 2.24) is 4.57 Å². The van der Waals surface area contributed by atoms with E-state index in [-0.39, 0.29) is 18.0 Å². The first-order chi connectivity index (χ1) is 14.5. The van der Waals surface area contributed by atoms with Gasteiger partial charge in [0.25, 0.3) is 0 Å². The first kappa shape index (κ1) is 19.3. The van der Waals surface area contributed by atoms with Gasteiger partial charge in [-0.2, -0.15) is 4.79 Å². The number of fused-ring (bicyclic) bond motifs is 1. The molecular formula is C24H19N3O3. The first-order valence-corrected chi connectivity index (χ1v) is 9.53. The molecule has 6 nitrogen and oxygen atoms in total. The van der Waals surface area contributed by atoms with Gasteiger partial charge in [0, 0.05) is 17.2 Å². The normalized spacial score (nSPS) is 15.7. The van der Waals surface area contributed by atoms with Gasteiger partial charge in [-0.3, -0.25) is 14.2 Å². The Morgan fingerprint density at radius 1 is 1.13 bits per heavy atom. The molecule has 1 N–H and O–H groups in total. The zero-order valence-electron chi connectivity index (χ0n) is 16.3. The molecule has 1 unspecified atom stereocenters. The van der Waals surface area contributed by atoms with E-state index in [2.05, 4.69) is 4.79 Å². The highest BCUT2D eigenvalue weighted by Crippen LogP contribution is 2.28. The quantitative estimate of drug-likeness (QED) is 0.529. The largest absolute Gasteiger partial charge is 0.481 e. The van der Waals surface area contributed by atoms with E-state index in [0.29, 0.717) is 16.8 Å². The summed E-state index contributed by atoms with van der Waals surface area (Å²) in [7, 11) is 0. The van der Waals surface area contributed by atoms with Crippen LogP contribution in [0, 0.1) is 12.8 Å². The van der Waals surface area contributed by atoms with Crippen LogP contribution in [-0.4, -0.2) is 32.1 Å². The lowest BCUT2D eigenvalue weighted by atomic mass is 9.90. The average Bonchev–Trinajstić information content (AvgIpc) is 3.10. The molecule has 1 atom stereocenters. The van der Waals surface area contributed by atoms with E-state index in [9.17, 15) is 15.1 Å². The summed E-state index contributed by atoms with van der Waals surface area (Å²) in [6.45, 7) is 1.80. The molecule has 0 radical (unpaired) electrons. The molecule has 3 aromatic rings. The SMILES string of the molecule is Cc1cc2c(CC(=O)O)cccc2n1C(=O)C1C=CC(c2ccccc2)=CC1=[N+]=[N-]. The van der Waals surface area contributed by atoms with Gasteiger partial charge >= 0.3 is 11.7 Å². The number of carboxylic acid groups (broad SMARTS) is 1. The van der Waals surface area contributed by atoms with Gasteiger partial charge in [-0.1, -0.05) is 54.6 Å². The third-order valence-electron chi connectivity index (χ3n) is 5.26. The molecule has 0 amide bonds. The van der Waals surface area contributed by atoms with Crippen molar-refractivity contribution in [1.29, 1.82) is 0 Å². The number of carbonyl (C=O) groups excluding carboxylic acids is 1. The molecule has 148 valence electrons. The molecule has 1 heterocycles. The molecule has 4 rings (SSSR count). The number of carboxylic acids is 1. The maximum atomic E-state index is 13.4. The van der Waals surface area contributed by atoms with Crippen molar-refractivity contribution in [3.8, 4) is 0 Å². The van der Waals surface area contributed by atoms with Gasteiger partial charge in [-0.05, 0) is 35.8 Å². The number of carbonyl (C=O) groups is 2. The predicted molar refractivity (Wildman–Crippen MR) is 114 cm³/mol. The van der Waals surface area contributed by atoms with Crippen LogP contribution in [0.1, 0.15) is 21.6 Å². The third-order valence-corrected chi connectivity index (χ3v) is 5.26. The molecule has 0 spiro atoms. The van der Waals surface area contributed by atoms with E-state index in [0.717, 1.165) is 16.5 Å². The lowest BCUT2D eigenvalue weighted by Crippen LogP contribution is -2.29. The van der Waals surface area contributed by atoms with Gasteiger partial charge in [0.1, 0.15) is 0 Å². The smallest absolute Gasteiger partial charge is 0.308 e. The molecule has 1 aliphatic rings. The molecule has 1 aliphatic carbocycles. The fourth-order valence-electron chi connectivity index (χ4n) is 3.88. The van der Waals surface area contributed by atoms with E-state index < -0.39 is 11.9 Å². The highest BCUT2D eigenvalue weighted by Gasteiger charge is 2.32. The van der Waals surface area contributed by atoms with E-state index in [4.69, 9.17) is 5.11 Å². The molecule has 0 fully saturated rings. The average molecular weight is 397 g/mol. The summed E-state index contributed by atoms with van der Waals surface area (Å²) in [4.78, 5) is 28.0. The van der Waals surface area contributed by atoms with Crippen LogP contribution >= 0.6 is 0 Å². The van der Waals surface area contributed by atoms with Crippen molar-refractivity contribution < 1.29 is 19.5 Å². The van der Waals surface area contributed by atoms with Gasteiger partial charge in [0.15, 0.2) is 5.92 Å². The minimum absolute atomic E-state index is 0.120. The van der Waals surface area contributed by atoms with Gasteiger partial charge in [0.2, 0.25) is 5.91 Å². The topological polar surface area (TPSA) is 95.7 Å². The summed E-state index contributed by atoms with van der Waals surface area (Å²) in [5, 5.41) is 9.90. The van der Waals surface area contributed by atoms with Crippen LogP contribution in [0.25, 0.3) is 22.0 Å². The van der Waals surface area contributed by atoms with Crippen LogP contribution in [0.5, 0.6) is 0 Å². The number of allylic oxidation sites excluding steroid dienone is 4. The second kappa shape index (κ2) is 7.78. The molecule has 2 aromatic carbocycles. The number of nitrogens with zero attached hydrogens (tertiary/aromatic N) is 3. The molecule has 0 saturated heterocycles. The van der Waals surface area contributed by atoms with E-state index in [1.807, 2.05) is 42.5 Å². The zero-order chi connectivity index (χ0) is 21.3. The minimum Gasteiger partial charge on any atom is -0.481 e. The Hall–Kier alpha value is -4.02. The Morgan fingerprint density at radius 3 is 2.60 bits per heavy atom. The number of aliphatic carboxylic acids is 1. The molecule has 1 aromatic heterocycles. The lowest BCUT2D eigenvalue weighted by Gasteiger charge is -2.15. The van der Waals surface area contributed by atoms with Crippen molar-refractivity contribution in [3.05, 3.63) is 95.2 Å². The number of hydrogen-bond donors (Lipinski definition) is 1. The Kier molecular flexibility index (Phi) is 5.00. The number of aromatic nitrogens is 1. The molecular weight excluding hydrogens is 378 g/mol. The van der Waals surface area contributed by atoms with Crippen molar-refractivity contribution in [3.63, 3.8) is 0 Å². The molecule has 0 saturated carbocycles. The van der Waals surface area contributed by atoms with Crippen molar-refractivity contribution in [2.24, 2.45) is 5.92 Å². The maximum Gasteiger partial charge on any atom is 0.308 e. The maximum absolute atomic E-state index is 13.4. The summed E-state index contributed by atoms with van der Waals surface area (Å²) in [5.74, 6) is -1.94. The fourth-order valence-corrected chi connectivity index (χ4v) is 3.88. The standard InChI is InChI=1S/C24H19N3O3/c1-15-12-20-18(14-23(28)29)8-5-9-22(20)27(15)24(30)19-11-10-17(13-21(19)26-25)16-6-3-2-4-7-16/h2-13,19H,14H2,1H3,(H,28,29). The second-order valence-electron chi connectivity index (χ2n) is 7.21. The Labute approximate surface area is 173 Å². The van der Waals surface area contributed by atoms with Crippen LogP contribution in [0.3, 0.4) is 0 Å². The lowest BCUT2D eigenvalue weighted by molar-refractivity contribution is -0.136. The van der Waals surface area contributed by atoms with E-state index in [1.54, 1.807) is 41.8 Å². The Balaban J connectivity index is 1.74. The minimum atomic E-state index is -0.928. The zero-order valence-corrected chi connectivity index (χ0v) is 16.3. The third kappa shape index (κ3) is 3.41. The van der Waals surface area contributed by atoms with Crippen LogP contribution < -0.4 is 0 Å². The molecule has 0 bridgehead atoms. The second-order valence-corrected chi connectivity index (χ2v) is 7.21. The highest BCUT2D eigenvalue weighted by molar-refractivity contribution is 6.16. The Morgan fingerprint density at radius 2 is 1.90 bits per heavy atom. The van der Waals surface area contributed by atoms with Gasteiger partial charge < -0.3 is 10.6 Å². The number of benzene rings is 2. The van der Waals surface area contributed by atoms with Crippen molar-refractivity contribution in [2.75, 3.05) is 0 Å². The summed E-state index contributed by atoms with van der Waals surface area (Å²) in [5.41, 5.74) is 13.6.